The van der Waals surface area contributed by atoms with Crippen LogP contribution in [0.2, 0.25) is 0 Å². The van der Waals surface area contributed by atoms with Gasteiger partial charge in [0.15, 0.2) is 0 Å². The van der Waals surface area contributed by atoms with Crippen molar-refractivity contribution in [1.29, 1.82) is 0 Å². The third-order valence-corrected chi connectivity index (χ3v) is 6.05. The number of thiophene rings is 2. The van der Waals surface area contributed by atoms with Gasteiger partial charge in [-0.05, 0) is 88.4 Å². The summed E-state index contributed by atoms with van der Waals surface area (Å²) in [5, 5.41) is 0. The predicted molar refractivity (Wildman–Crippen MR) is 125 cm³/mol. The number of hydrogen-bond donors (Lipinski definition) is 0. The molecule has 0 aliphatic rings. The summed E-state index contributed by atoms with van der Waals surface area (Å²) in [7, 11) is 0. The van der Waals surface area contributed by atoms with E-state index in [9.17, 15) is 0 Å². The smallest absolute Gasteiger partial charge is 0.127 e. The largest absolute Gasteiger partial charge is 0.493 e. The van der Waals surface area contributed by atoms with E-state index in [4.69, 9.17) is 9.47 Å². The second kappa shape index (κ2) is 9.76. The molecule has 0 radical (unpaired) electrons. The van der Waals surface area contributed by atoms with Crippen molar-refractivity contribution in [3.8, 4) is 11.5 Å². The van der Waals surface area contributed by atoms with Gasteiger partial charge in [0.2, 0.25) is 0 Å². The second-order valence-corrected chi connectivity index (χ2v) is 9.00. The fraction of sp³-hybridized carbons (Fsp3) is 0.250. The molecule has 0 spiro atoms. The molecular weight excluding hydrogens is 384 g/mol. The highest BCUT2D eigenvalue weighted by molar-refractivity contribution is 7.13. The maximum atomic E-state index is 5.93. The van der Waals surface area contributed by atoms with Crippen LogP contribution in [-0.4, -0.2) is 13.2 Å². The van der Waals surface area contributed by atoms with Crippen molar-refractivity contribution in [3.63, 3.8) is 0 Å². The molecule has 1 aromatic carbocycles. The van der Waals surface area contributed by atoms with Gasteiger partial charge < -0.3 is 9.47 Å². The lowest BCUT2D eigenvalue weighted by molar-refractivity contribution is 0.329. The fourth-order valence-corrected chi connectivity index (χ4v) is 4.40. The maximum Gasteiger partial charge on any atom is 0.127 e. The molecule has 0 unspecified atom stereocenters. The number of hydrogen-bond acceptors (Lipinski definition) is 4. The summed E-state index contributed by atoms with van der Waals surface area (Å²) in [5.74, 6) is 1.75. The Morgan fingerprint density at radius 2 is 1.11 bits per heavy atom. The van der Waals surface area contributed by atoms with Crippen LogP contribution < -0.4 is 9.47 Å². The standard InChI is InChI=1S/C24H26O2S2/c1-5-25-23-15-20(10-14-22-12-8-18(4)28-22)24(26-6-2)16-19(23)9-13-21-11-7-17(3)27-21/h7-16H,5-6H2,1-4H3/b13-9+,14-10?. The highest BCUT2D eigenvalue weighted by Crippen LogP contribution is 2.33. The van der Waals surface area contributed by atoms with Gasteiger partial charge in [0.25, 0.3) is 0 Å². The summed E-state index contributed by atoms with van der Waals surface area (Å²) < 4.78 is 11.9. The molecule has 0 atom stereocenters. The van der Waals surface area contributed by atoms with Crippen LogP contribution in [0.1, 0.15) is 44.5 Å². The van der Waals surface area contributed by atoms with Crippen LogP contribution in [0.25, 0.3) is 24.3 Å². The fourth-order valence-electron chi connectivity index (χ4n) is 2.84. The van der Waals surface area contributed by atoms with Gasteiger partial charge in [-0.15, -0.1) is 22.7 Å². The van der Waals surface area contributed by atoms with E-state index >= 15 is 0 Å². The number of rotatable bonds is 8. The zero-order valence-corrected chi connectivity index (χ0v) is 18.5. The summed E-state index contributed by atoms with van der Waals surface area (Å²) in [6.45, 7) is 9.52. The van der Waals surface area contributed by atoms with Crippen molar-refractivity contribution >= 4 is 47.0 Å². The van der Waals surface area contributed by atoms with Crippen LogP contribution in [0.3, 0.4) is 0 Å². The first kappa shape index (κ1) is 20.4. The van der Waals surface area contributed by atoms with Gasteiger partial charge in [-0.25, -0.2) is 0 Å². The van der Waals surface area contributed by atoms with E-state index in [2.05, 4.69) is 74.5 Å². The zero-order chi connectivity index (χ0) is 19.9. The minimum absolute atomic E-state index is 0.625. The quantitative estimate of drug-likeness (QED) is 0.381. The molecule has 0 aliphatic heterocycles. The Balaban J connectivity index is 1.96. The molecule has 2 aromatic heterocycles. The lowest BCUT2D eigenvalue weighted by atomic mass is 10.1. The molecule has 0 saturated carbocycles. The first-order valence-electron chi connectivity index (χ1n) is 9.51. The van der Waals surface area contributed by atoms with E-state index in [1.807, 2.05) is 13.8 Å². The Labute approximate surface area is 175 Å². The van der Waals surface area contributed by atoms with Crippen LogP contribution in [0.4, 0.5) is 0 Å². The van der Waals surface area contributed by atoms with E-state index in [-0.39, 0.29) is 0 Å². The molecule has 0 bridgehead atoms. The first-order chi connectivity index (χ1) is 13.6. The molecule has 28 heavy (non-hydrogen) atoms. The van der Waals surface area contributed by atoms with Gasteiger partial charge in [-0.1, -0.05) is 0 Å². The molecule has 3 rings (SSSR count). The molecule has 146 valence electrons. The predicted octanol–water partition coefficient (Wildman–Crippen LogP) is 7.56. The zero-order valence-electron chi connectivity index (χ0n) is 16.8. The van der Waals surface area contributed by atoms with E-state index < -0.39 is 0 Å². The Morgan fingerprint density at radius 3 is 1.43 bits per heavy atom. The van der Waals surface area contributed by atoms with Crippen molar-refractivity contribution in [3.05, 3.63) is 67.0 Å². The van der Waals surface area contributed by atoms with Gasteiger partial charge in [-0.2, -0.15) is 0 Å². The average molecular weight is 411 g/mol. The summed E-state index contributed by atoms with van der Waals surface area (Å²) in [6, 6.07) is 12.7. The van der Waals surface area contributed by atoms with Crippen LogP contribution in [0.5, 0.6) is 11.5 Å². The Kier molecular flexibility index (Phi) is 7.12. The van der Waals surface area contributed by atoms with Gasteiger partial charge in [0.05, 0.1) is 13.2 Å². The molecular formula is C24H26O2S2. The highest BCUT2D eigenvalue weighted by atomic mass is 32.1. The Bertz CT molecular complexity index is 896. The van der Waals surface area contributed by atoms with Gasteiger partial charge >= 0.3 is 0 Å². The minimum atomic E-state index is 0.625. The molecule has 4 heteroatoms. The van der Waals surface area contributed by atoms with Crippen LogP contribution in [0, 0.1) is 13.8 Å². The van der Waals surface area contributed by atoms with E-state index in [0.717, 1.165) is 22.6 Å². The van der Waals surface area contributed by atoms with Crippen molar-refractivity contribution in [2.45, 2.75) is 27.7 Å². The molecule has 0 fully saturated rings. The van der Waals surface area contributed by atoms with Crippen molar-refractivity contribution in [1.82, 2.24) is 0 Å². The summed E-state index contributed by atoms with van der Waals surface area (Å²) in [6.07, 6.45) is 8.48. The third-order valence-electron chi connectivity index (χ3n) is 4.12. The van der Waals surface area contributed by atoms with Crippen molar-refractivity contribution < 1.29 is 9.47 Å². The molecule has 2 heterocycles. The SMILES string of the molecule is CCOc1cc(/C=C/c2ccc(C)s2)c(OCC)cc1C=Cc1ccc(C)s1. The van der Waals surface area contributed by atoms with E-state index in [1.54, 1.807) is 22.7 Å². The topological polar surface area (TPSA) is 18.5 Å². The van der Waals surface area contributed by atoms with Crippen LogP contribution in [-0.2, 0) is 0 Å². The van der Waals surface area contributed by atoms with Crippen LogP contribution >= 0.6 is 22.7 Å². The highest BCUT2D eigenvalue weighted by Gasteiger charge is 2.09. The Morgan fingerprint density at radius 1 is 0.679 bits per heavy atom. The van der Waals surface area contributed by atoms with E-state index in [1.165, 1.54) is 19.5 Å². The van der Waals surface area contributed by atoms with Crippen LogP contribution in [0.15, 0.2) is 36.4 Å². The maximum absolute atomic E-state index is 5.93. The molecule has 0 saturated heterocycles. The molecule has 0 aliphatic carbocycles. The average Bonchev–Trinajstić information content (AvgIpc) is 3.28. The Hall–Kier alpha value is -2.30. The van der Waals surface area contributed by atoms with Gasteiger partial charge in [0.1, 0.15) is 11.5 Å². The lowest BCUT2D eigenvalue weighted by Crippen LogP contribution is -1.99. The summed E-state index contributed by atoms with van der Waals surface area (Å²) in [5.41, 5.74) is 2.06. The monoisotopic (exact) mass is 410 g/mol. The second-order valence-electron chi connectivity index (χ2n) is 6.36. The lowest BCUT2D eigenvalue weighted by Gasteiger charge is -2.13. The molecule has 2 nitrogen and oxygen atoms in total. The minimum Gasteiger partial charge on any atom is -0.493 e. The molecule has 0 amide bonds. The molecule has 3 aromatic rings. The third kappa shape index (κ3) is 5.37. The first-order valence-corrected chi connectivity index (χ1v) is 11.1. The van der Waals surface area contributed by atoms with Gasteiger partial charge in [0, 0.05) is 30.6 Å². The van der Waals surface area contributed by atoms with Crippen molar-refractivity contribution in [2.24, 2.45) is 0 Å². The number of benzene rings is 1. The molecule has 0 N–H and O–H groups in total. The van der Waals surface area contributed by atoms with Crippen molar-refractivity contribution in [2.75, 3.05) is 13.2 Å². The number of aryl methyl sites for hydroxylation is 2. The summed E-state index contributed by atoms with van der Waals surface area (Å²) >= 11 is 3.57. The normalized spacial score (nSPS) is 11.6. The summed E-state index contributed by atoms with van der Waals surface area (Å²) in [4.78, 5) is 5.08. The van der Waals surface area contributed by atoms with Gasteiger partial charge in [-0.3, -0.25) is 0 Å². The van der Waals surface area contributed by atoms with E-state index in [0.29, 0.717) is 13.2 Å². The number of ether oxygens (including phenoxy) is 2.